The van der Waals surface area contributed by atoms with E-state index in [0.717, 1.165) is 25.8 Å². The highest BCUT2D eigenvalue weighted by Crippen LogP contribution is 2.35. The molecule has 33 heavy (non-hydrogen) atoms. The van der Waals surface area contributed by atoms with Crippen LogP contribution in [0.15, 0.2) is 12.1 Å². The number of nitrogens with zero attached hydrogens (tertiary/aromatic N) is 2. The van der Waals surface area contributed by atoms with E-state index in [1.54, 1.807) is 13.2 Å². The van der Waals surface area contributed by atoms with Crippen molar-refractivity contribution in [3.05, 3.63) is 23.3 Å². The lowest BCUT2D eigenvalue weighted by atomic mass is 9.93. The van der Waals surface area contributed by atoms with Gasteiger partial charge in [-0.15, -0.1) is 0 Å². The maximum absolute atomic E-state index is 13.0. The van der Waals surface area contributed by atoms with E-state index in [0.29, 0.717) is 68.3 Å². The Bertz CT molecular complexity index is 978. The van der Waals surface area contributed by atoms with Crippen LogP contribution in [0.4, 0.5) is 0 Å². The fraction of sp³-hybridized carbons (Fsp3) is 0.636. The van der Waals surface area contributed by atoms with Gasteiger partial charge in [-0.25, -0.2) is 13.1 Å². The smallest absolute Gasteiger partial charge is 0.255 e. The molecule has 2 heterocycles. The second kappa shape index (κ2) is 11.7. The molecule has 1 aromatic rings. The number of hydrogen-bond donors (Lipinski definition) is 2. The number of piperidine rings is 1. The highest BCUT2D eigenvalue weighted by molar-refractivity contribution is 7.88. The van der Waals surface area contributed by atoms with Gasteiger partial charge in [0.15, 0.2) is 11.5 Å². The fourth-order valence-corrected chi connectivity index (χ4v) is 4.63. The molecule has 0 aromatic heterocycles. The summed E-state index contributed by atoms with van der Waals surface area (Å²) in [6, 6.07) is 5.20. The molecule has 10 nitrogen and oxygen atoms in total. The summed E-state index contributed by atoms with van der Waals surface area (Å²) in [6.45, 7) is 4.09. The molecule has 1 amide bonds. The molecule has 2 N–H and O–H groups in total. The lowest BCUT2D eigenvalue weighted by Crippen LogP contribution is -2.49. The summed E-state index contributed by atoms with van der Waals surface area (Å²) in [6.07, 6.45) is 3.36. The molecule has 2 aliphatic heterocycles. The minimum absolute atomic E-state index is 0.0518. The average Bonchev–Trinajstić information content (AvgIpc) is 3.04. The molecule has 0 aliphatic carbocycles. The van der Waals surface area contributed by atoms with Crippen molar-refractivity contribution < 1.29 is 27.4 Å². The number of amides is 1. The SMILES string of the molecule is COC1CN(CCCNS(C)(=O)=O)CC[C@H]1CNC(=O)c1cc(C#N)cc2c1OCCCO2. The quantitative estimate of drug-likeness (QED) is 0.495. The van der Waals surface area contributed by atoms with Gasteiger partial charge in [0.2, 0.25) is 10.0 Å². The van der Waals surface area contributed by atoms with Gasteiger partial charge in [0.05, 0.1) is 42.8 Å². The molecule has 3 rings (SSSR count). The van der Waals surface area contributed by atoms with Gasteiger partial charge < -0.3 is 24.4 Å². The van der Waals surface area contributed by atoms with Crippen molar-refractivity contribution in [1.82, 2.24) is 14.9 Å². The number of hydrogen-bond acceptors (Lipinski definition) is 8. The third kappa shape index (κ3) is 7.30. The monoisotopic (exact) mass is 480 g/mol. The number of sulfonamides is 1. The van der Waals surface area contributed by atoms with Crippen LogP contribution in [0.3, 0.4) is 0 Å². The number of benzene rings is 1. The zero-order valence-electron chi connectivity index (χ0n) is 19.1. The normalized spacial score (nSPS) is 21.1. The molecule has 182 valence electrons. The molecular formula is C22H32N4O6S. The Morgan fingerprint density at radius 3 is 2.85 bits per heavy atom. The van der Waals surface area contributed by atoms with E-state index in [9.17, 15) is 18.5 Å². The van der Waals surface area contributed by atoms with Crippen LogP contribution < -0.4 is 19.5 Å². The Morgan fingerprint density at radius 1 is 1.33 bits per heavy atom. The summed E-state index contributed by atoms with van der Waals surface area (Å²) < 4.78 is 41.9. The number of rotatable bonds is 9. The Morgan fingerprint density at radius 2 is 2.12 bits per heavy atom. The first-order valence-electron chi connectivity index (χ1n) is 11.1. The summed E-state index contributed by atoms with van der Waals surface area (Å²) in [5.41, 5.74) is 0.647. The van der Waals surface area contributed by atoms with Crippen LogP contribution >= 0.6 is 0 Å². The highest BCUT2D eigenvalue weighted by atomic mass is 32.2. The predicted molar refractivity (Wildman–Crippen MR) is 122 cm³/mol. The van der Waals surface area contributed by atoms with E-state index in [2.05, 4.69) is 21.0 Å². The van der Waals surface area contributed by atoms with Crippen molar-refractivity contribution in [1.29, 1.82) is 5.26 Å². The van der Waals surface area contributed by atoms with E-state index in [-0.39, 0.29) is 17.9 Å². The molecule has 1 unspecified atom stereocenters. The molecule has 0 spiro atoms. The first-order valence-corrected chi connectivity index (χ1v) is 13.0. The van der Waals surface area contributed by atoms with Crippen molar-refractivity contribution in [2.75, 3.05) is 59.3 Å². The maximum atomic E-state index is 13.0. The minimum atomic E-state index is -3.17. The van der Waals surface area contributed by atoms with Crippen molar-refractivity contribution in [3.8, 4) is 17.6 Å². The predicted octanol–water partition coefficient (Wildman–Crippen LogP) is 0.726. The molecule has 2 atom stereocenters. The standard InChI is InChI=1S/C22H32N4O6S/c1-30-20-15-26(7-3-6-25-33(2,28)29)8-5-17(20)14-24-22(27)18-11-16(13-23)12-19-21(18)32-10-4-9-31-19/h11-12,17,20,25H,3-10,14-15H2,1-2H3,(H,24,27)/t17-,20?/m0/s1. The number of carbonyl (C=O) groups excluding carboxylic acids is 1. The van der Waals surface area contributed by atoms with Crippen LogP contribution in [0, 0.1) is 17.2 Å². The van der Waals surface area contributed by atoms with Crippen LogP contribution in [0.1, 0.15) is 35.2 Å². The average molecular weight is 481 g/mol. The van der Waals surface area contributed by atoms with Gasteiger partial charge in [-0.3, -0.25) is 4.79 Å². The van der Waals surface area contributed by atoms with Crippen molar-refractivity contribution >= 4 is 15.9 Å². The number of ether oxygens (including phenoxy) is 3. The Kier molecular flexibility index (Phi) is 8.91. The van der Waals surface area contributed by atoms with Crippen molar-refractivity contribution in [2.24, 2.45) is 5.92 Å². The number of likely N-dealkylation sites (tertiary alicyclic amines) is 1. The maximum Gasteiger partial charge on any atom is 0.255 e. The third-order valence-corrected chi connectivity index (χ3v) is 6.57. The van der Waals surface area contributed by atoms with Gasteiger partial charge in [0.25, 0.3) is 5.91 Å². The number of carbonyl (C=O) groups is 1. The van der Waals surface area contributed by atoms with Crippen LogP contribution in [-0.4, -0.2) is 84.6 Å². The van der Waals surface area contributed by atoms with E-state index >= 15 is 0 Å². The molecule has 1 saturated heterocycles. The molecule has 1 aromatic carbocycles. The zero-order valence-corrected chi connectivity index (χ0v) is 19.9. The first-order chi connectivity index (χ1) is 15.8. The van der Waals surface area contributed by atoms with Crippen molar-refractivity contribution in [3.63, 3.8) is 0 Å². The fourth-order valence-electron chi connectivity index (χ4n) is 4.12. The summed E-state index contributed by atoms with van der Waals surface area (Å²) in [5, 5.41) is 12.3. The molecule has 0 radical (unpaired) electrons. The van der Waals surface area contributed by atoms with Crippen LogP contribution in [0.5, 0.6) is 11.5 Å². The van der Waals surface area contributed by atoms with Gasteiger partial charge >= 0.3 is 0 Å². The lowest BCUT2D eigenvalue weighted by Gasteiger charge is -2.38. The van der Waals surface area contributed by atoms with Gasteiger partial charge in [-0.05, 0) is 32.0 Å². The van der Waals surface area contributed by atoms with E-state index in [1.165, 1.54) is 6.07 Å². The second-order valence-corrected chi connectivity index (χ2v) is 10.2. The number of nitrogens with one attached hydrogen (secondary N) is 2. The largest absolute Gasteiger partial charge is 0.489 e. The van der Waals surface area contributed by atoms with Gasteiger partial charge in [0.1, 0.15) is 0 Å². The number of fused-ring (bicyclic) bond motifs is 1. The first kappa shape index (κ1) is 25.2. The molecular weight excluding hydrogens is 448 g/mol. The molecule has 0 saturated carbocycles. The number of nitriles is 1. The summed E-state index contributed by atoms with van der Waals surface area (Å²) in [7, 11) is -1.51. The molecule has 0 bridgehead atoms. The Balaban J connectivity index is 1.56. The van der Waals surface area contributed by atoms with E-state index in [1.807, 2.05) is 0 Å². The summed E-state index contributed by atoms with van der Waals surface area (Å²) >= 11 is 0. The van der Waals surface area contributed by atoms with E-state index < -0.39 is 10.0 Å². The third-order valence-electron chi connectivity index (χ3n) is 5.84. The highest BCUT2D eigenvalue weighted by Gasteiger charge is 2.30. The Labute approximate surface area is 195 Å². The molecule has 2 aliphatic rings. The number of methoxy groups -OCH3 is 1. The van der Waals surface area contributed by atoms with Crippen LogP contribution in [-0.2, 0) is 14.8 Å². The lowest BCUT2D eigenvalue weighted by molar-refractivity contribution is -0.0105. The van der Waals surface area contributed by atoms with Gasteiger partial charge in [-0.2, -0.15) is 5.26 Å². The van der Waals surface area contributed by atoms with E-state index in [4.69, 9.17) is 14.2 Å². The molecule has 1 fully saturated rings. The van der Waals surface area contributed by atoms with Crippen LogP contribution in [0.2, 0.25) is 0 Å². The van der Waals surface area contributed by atoms with Crippen LogP contribution in [0.25, 0.3) is 0 Å². The Hall–Kier alpha value is -2.39. The van der Waals surface area contributed by atoms with Gasteiger partial charge in [-0.1, -0.05) is 0 Å². The van der Waals surface area contributed by atoms with Gasteiger partial charge in [0, 0.05) is 45.1 Å². The summed E-state index contributed by atoms with van der Waals surface area (Å²) in [4.78, 5) is 15.2. The minimum Gasteiger partial charge on any atom is -0.489 e. The molecule has 11 heteroatoms. The zero-order chi connectivity index (χ0) is 23.8. The second-order valence-electron chi connectivity index (χ2n) is 8.37. The summed E-state index contributed by atoms with van der Waals surface area (Å²) in [5.74, 6) is 0.632. The topological polar surface area (TPSA) is 130 Å². The van der Waals surface area contributed by atoms with Crippen molar-refractivity contribution in [2.45, 2.75) is 25.4 Å².